The van der Waals surface area contributed by atoms with E-state index < -0.39 is 0 Å². The molecule has 0 unspecified atom stereocenters. The highest BCUT2D eigenvalue weighted by molar-refractivity contribution is 9.10. The lowest BCUT2D eigenvalue weighted by Crippen LogP contribution is -2.14. The van der Waals surface area contributed by atoms with Crippen LogP contribution in [0.1, 0.15) is 16.1 Å². The molecular weight excluding hydrogens is 308 g/mol. The van der Waals surface area contributed by atoms with E-state index in [4.69, 9.17) is 0 Å². The molecule has 1 aromatic carbocycles. The van der Waals surface area contributed by atoms with E-state index in [2.05, 4.69) is 36.5 Å². The van der Waals surface area contributed by atoms with Gasteiger partial charge in [-0.1, -0.05) is 12.1 Å². The van der Waals surface area contributed by atoms with Crippen molar-refractivity contribution in [2.24, 2.45) is 0 Å². The molecule has 1 heterocycles. The maximum atomic E-state index is 12.0. The Morgan fingerprint density at radius 2 is 2.05 bits per heavy atom. The van der Waals surface area contributed by atoms with Crippen molar-refractivity contribution < 1.29 is 4.79 Å². The van der Waals surface area contributed by atoms with Crippen LogP contribution in [-0.2, 0) is 0 Å². The lowest BCUT2D eigenvalue weighted by atomic mass is 10.2. The topological polar surface area (TPSA) is 66.9 Å². The van der Waals surface area contributed by atoms with Crippen molar-refractivity contribution in [2.75, 3.05) is 17.7 Å². The molecule has 0 saturated carbocycles. The summed E-state index contributed by atoms with van der Waals surface area (Å²) in [6.45, 7) is 1.96. The highest BCUT2D eigenvalue weighted by Gasteiger charge is 2.10. The van der Waals surface area contributed by atoms with Gasteiger partial charge >= 0.3 is 0 Å². The first-order valence-corrected chi connectivity index (χ1v) is 6.47. The average Bonchev–Trinajstić information content (AvgIpc) is 2.44. The molecule has 0 atom stereocenters. The number of aryl methyl sites for hydroxylation is 1. The van der Waals surface area contributed by atoms with Crippen LogP contribution in [0.2, 0.25) is 0 Å². The van der Waals surface area contributed by atoms with E-state index in [1.54, 1.807) is 7.05 Å². The SMILES string of the molecule is CNc1cnc(C(=O)Nc2cccc(C)c2Br)cn1. The number of halogens is 1. The van der Waals surface area contributed by atoms with Crippen LogP contribution in [0.15, 0.2) is 35.1 Å². The summed E-state index contributed by atoms with van der Waals surface area (Å²) < 4.78 is 0.864. The molecule has 0 spiro atoms. The molecule has 0 aliphatic rings. The van der Waals surface area contributed by atoms with Gasteiger partial charge in [0, 0.05) is 11.5 Å². The predicted molar refractivity (Wildman–Crippen MR) is 78.4 cm³/mol. The number of anilines is 2. The minimum Gasteiger partial charge on any atom is -0.372 e. The molecule has 2 rings (SSSR count). The monoisotopic (exact) mass is 320 g/mol. The van der Waals surface area contributed by atoms with Crippen LogP contribution in [0.5, 0.6) is 0 Å². The van der Waals surface area contributed by atoms with Crippen LogP contribution in [0.3, 0.4) is 0 Å². The van der Waals surface area contributed by atoms with Crippen LogP contribution in [-0.4, -0.2) is 22.9 Å². The number of hydrogen-bond acceptors (Lipinski definition) is 4. The Bertz CT molecular complexity index is 598. The first-order chi connectivity index (χ1) is 9.11. The van der Waals surface area contributed by atoms with Crippen molar-refractivity contribution in [1.82, 2.24) is 9.97 Å². The van der Waals surface area contributed by atoms with E-state index >= 15 is 0 Å². The Labute approximate surface area is 119 Å². The molecule has 0 bridgehead atoms. The number of benzene rings is 1. The quantitative estimate of drug-likeness (QED) is 0.912. The highest BCUT2D eigenvalue weighted by Crippen LogP contribution is 2.25. The lowest BCUT2D eigenvalue weighted by Gasteiger charge is -2.08. The fourth-order valence-electron chi connectivity index (χ4n) is 1.50. The molecule has 0 aliphatic carbocycles. The van der Waals surface area contributed by atoms with Gasteiger partial charge in [0.05, 0.1) is 18.1 Å². The van der Waals surface area contributed by atoms with Gasteiger partial charge in [-0.25, -0.2) is 9.97 Å². The first-order valence-electron chi connectivity index (χ1n) is 5.68. The second kappa shape index (κ2) is 5.79. The largest absolute Gasteiger partial charge is 0.372 e. The zero-order chi connectivity index (χ0) is 13.8. The number of hydrogen-bond donors (Lipinski definition) is 2. The summed E-state index contributed by atoms with van der Waals surface area (Å²) in [6.07, 6.45) is 2.95. The van der Waals surface area contributed by atoms with E-state index in [1.165, 1.54) is 12.4 Å². The van der Waals surface area contributed by atoms with Crippen LogP contribution < -0.4 is 10.6 Å². The summed E-state index contributed by atoms with van der Waals surface area (Å²) in [5.74, 6) is 0.328. The fraction of sp³-hybridized carbons (Fsp3) is 0.154. The summed E-state index contributed by atoms with van der Waals surface area (Å²) in [6, 6.07) is 5.66. The number of amides is 1. The van der Waals surface area contributed by atoms with Crippen LogP contribution in [0.4, 0.5) is 11.5 Å². The first kappa shape index (κ1) is 13.5. The van der Waals surface area contributed by atoms with Crippen LogP contribution in [0, 0.1) is 6.92 Å². The molecule has 0 aliphatic heterocycles. The van der Waals surface area contributed by atoms with E-state index in [-0.39, 0.29) is 11.6 Å². The number of carbonyl (C=O) groups is 1. The van der Waals surface area contributed by atoms with Gasteiger partial charge in [0.1, 0.15) is 11.5 Å². The molecule has 19 heavy (non-hydrogen) atoms. The predicted octanol–water partition coefficient (Wildman–Crippen LogP) is 2.84. The molecule has 2 N–H and O–H groups in total. The van der Waals surface area contributed by atoms with Gasteiger partial charge in [-0.2, -0.15) is 0 Å². The molecular formula is C13H13BrN4O. The summed E-state index contributed by atoms with van der Waals surface area (Å²) in [7, 11) is 1.74. The number of aromatic nitrogens is 2. The van der Waals surface area contributed by atoms with E-state index in [0.29, 0.717) is 11.5 Å². The smallest absolute Gasteiger partial charge is 0.275 e. The van der Waals surface area contributed by atoms with Gasteiger partial charge in [-0.3, -0.25) is 4.79 Å². The maximum Gasteiger partial charge on any atom is 0.275 e. The number of carbonyl (C=O) groups excluding carboxylic acids is 1. The van der Waals surface area contributed by atoms with Crippen LogP contribution >= 0.6 is 15.9 Å². The number of rotatable bonds is 3. The molecule has 2 aromatic rings. The zero-order valence-corrected chi connectivity index (χ0v) is 12.2. The summed E-state index contributed by atoms with van der Waals surface area (Å²) in [4.78, 5) is 20.1. The van der Waals surface area contributed by atoms with Gasteiger partial charge in [0.15, 0.2) is 0 Å². The standard InChI is InChI=1S/C13H13BrN4O/c1-8-4-3-5-9(12(8)14)18-13(19)10-6-17-11(15-2)7-16-10/h3-7H,1-2H3,(H,15,17)(H,18,19). The summed E-state index contributed by atoms with van der Waals surface area (Å²) in [5.41, 5.74) is 2.03. The second-order valence-electron chi connectivity index (χ2n) is 3.93. The van der Waals surface area contributed by atoms with E-state index in [9.17, 15) is 4.79 Å². The molecule has 5 nitrogen and oxygen atoms in total. The van der Waals surface area contributed by atoms with E-state index in [0.717, 1.165) is 10.0 Å². The fourth-order valence-corrected chi connectivity index (χ4v) is 1.87. The third-order valence-corrected chi connectivity index (χ3v) is 3.63. The summed E-state index contributed by atoms with van der Waals surface area (Å²) >= 11 is 3.44. The Hall–Kier alpha value is -1.95. The number of nitrogens with zero attached hydrogens (tertiary/aromatic N) is 2. The van der Waals surface area contributed by atoms with Gasteiger partial charge in [-0.15, -0.1) is 0 Å². The molecule has 0 fully saturated rings. The van der Waals surface area contributed by atoms with Crippen molar-refractivity contribution in [3.8, 4) is 0 Å². The highest BCUT2D eigenvalue weighted by atomic mass is 79.9. The van der Waals surface area contributed by atoms with Gasteiger partial charge in [0.25, 0.3) is 5.91 Å². The lowest BCUT2D eigenvalue weighted by molar-refractivity contribution is 0.102. The van der Waals surface area contributed by atoms with Gasteiger partial charge < -0.3 is 10.6 Å². The van der Waals surface area contributed by atoms with Crippen molar-refractivity contribution in [1.29, 1.82) is 0 Å². The maximum absolute atomic E-state index is 12.0. The minimum absolute atomic E-state index is 0.271. The van der Waals surface area contributed by atoms with Gasteiger partial charge in [0.2, 0.25) is 0 Å². The third-order valence-electron chi connectivity index (χ3n) is 2.58. The molecule has 6 heteroatoms. The van der Waals surface area contributed by atoms with Gasteiger partial charge in [-0.05, 0) is 34.5 Å². The Morgan fingerprint density at radius 3 is 2.68 bits per heavy atom. The average molecular weight is 321 g/mol. The minimum atomic E-state index is -0.290. The van der Waals surface area contributed by atoms with Crippen molar-refractivity contribution in [3.05, 3.63) is 46.3 Å². The normalized spacial score (nSPS) is 10.1. The Kier molecular flexibility index (Phi) is 4.11. The molecule has 0 saturated heterocycles. The van der Waals surface area contributed by atoms with Crippen molar-refractivity contribution in [2.45, 2.75) is 6.92 Å². The molecule has 1 aromatic heterocycles. The molecule has 1 amide bonds. The van der Waals surface area contributed by atoms with Crippen LogP contribution in [0.25, 0.3) is 0 Å². The summed E-state index contributed by atoms with van der Waals surface area (Å²) in [5, 5.41) is 5.64. The molecule has 0 radical (unpaired) electrons. The third kappa shape index (κ3) is 3.08. The molecule has 98 valence electrons. The number of nitrogens with one attached hydrogen (secondary N) is 2. The Morgan fingerprint density at radius 1 is 1.26 bits per heavy atom. The van der Waals surface area contributed by atoms with E-state index in [1.807, 2.05) is 25.1 Å². The van der Waals surface area contributed by atoms with Crippen molar-refractivity contribution in [3.63, 3.8) is 0 Å². The zero-order valence-electron chi connectivity index (χ0n) is 10.6. The van der Waals surface area contributed by atoms with Crippen molar-refractivity contribution >= 4 is 33.3 Å². The Balaban J connectivity index is 2.18. The second-order valence-corrected chi connectivity index (χ2v) is 4.72.